The van der Waals surface area contributed by atoms with Crippen molar-refractivity contribution in [3.63, 3.8) is 0 Å². The average Bonchev–Trinajstić information content (AvgIpc) is 3.01. The molecular formula is C19H18BrN3O2. The molecule has 0 aliphatic rings. The number of rotatable bonds is 6. The van der Waals surface area contributed by atoms with E-state index in [9.17, 15) is 4.79 Å². The lowest BCUT2D eigenvalue weighted by molar-refractivity contribution is -0.118. The Bertz CT molecular complexity index is 876. The second kappa shape index (κ2) is 7.98. The molecule has 0 spiro atoms. The number of anilines is 1. The highest BCUT2D eigenvalue weighted by Gasteiger charge is 2.09. The predicted octanol–water partition coefficient (Wildman–Crippen LogP) is 4.02. The Morgan fingerprint density at radius 2 is 2.04 bits per heavy atom. The third kappa shape index (κ3) is 4.70. The van der Waals surface area contributed by atoms with Crippen molar-refractivity contribution in [2.45, 2.75) is 13.5 Å². The van der Waals surface area contributed by atoms with Gasteiger partial charge in [0.1, 0.15) is 11.6 Å². The van der Waals surface area contributed by atoms with Crippen LogP contribution in [0.2, 0.25) is 0 Å². The number of carbonyl (C=O) groups excluding carboxylic acids is 1. The normalized spacial score (nSPS) is 10.5. The summed E-state index contributed by atoms with van der Waals surface area (Å²) in [5.41, 5.74) is 2.32. The average molecular weight is 400 g/mol. The molecule has 1 aromatic heterocycles. The fourth-order valence-corrected chi connectivity index (χ4v) is 2.83. The molecule has 3 aromatic rings. The number of aryl methyl sites for hydroxylation is 1. The van der Waals surface area contributed by atoms with E-state index >= 15 is 0 Å². The van der Waals surface area contributed by atoms with Crippen LogP contribution in [-0.2, 0) is 11.3 Å². The van der Waals surface area contributed by atoms with Crippen LogP contribution in [0.4, 0.5) is 5.82 Å². The zero-order valence-electron chi connectivity index (χ0n) is 13.8. The Balaban J connectivity index is 1.61. The molecule has 1 N–H and O–H groups in total. The molecule has 5 nitrogen and oxygen atoms in total. The van der Waals surface area contributed by atoms with Gasteiger partial charge in [0.05, 0.1) is 17.2 Å². The van der Waals surface area contributed by atoms with Crippen molar-refractivity contribution in [3.8, 4) is 5.75 Å². The van der Waals surface area contributed by atoms with E-state index in [1.54, 1.807) is 23.0 Å². The van der Waals surface area contributed by atoms with E-state index in [4.69, 9.17) is 4.74 Å². The first-order valence-electron chi connectivity index (χ1n) is 7.86. The summed E-state index contributed by atoms with van der Waals surface area (Å²) in [6.07, 6.45) is 1.67. The Morgan fingerprint density at radius 3 is 2.84 bits per heavy atom. The number of nitrogens with zero attached hydrogens (tertiary/aromatic N) is 2. The molecule has 0 unspecified atom stereocenters. The van der Waals surface area contributed by atoms with Gasteiger partial charge in [-0.1, -0.05) is 42.0 Å². The highest BCUT2D eigenvalue weighted by molar-refractivity contribution is 9.10. The maximum Gasteiger partial charge on any atom is 0.263 e. The first kappa shape index (κ1) is 17.2. The highest BCUT2D eigenvalue weighted by atomic mass is 79.9. The second-order valence-electron chi connectivity index (χ2n) is 5.63. The lowest BCUT2D eigenvalue weighted by Crippen LogP contribution is -2.22. The van der Waals surface area contributed by atoms with Crippen LogP contribution in [-0.4, -0.2) is 22.3 Å². The fourth-order valence-electron chi connectivity index (χ4n) is 2.43. The van der Waals surface area contributed by atoms with E-state index in [-0.39, 0.29) is 12.5 Å². The number of halogens is 1. The van der Waals surface area contributed by atoms with Gasteiger partial charge in [0, 0.05) is 6.07 Å². The molecule has 128 valence electrons. The van der Waals surface area contributed by atoms with Crippen LogP contribution in [0.5, 0.6) is 5.75 Å². The van der Waals surface area contributed by atoms with Crippen molar-refractivity contribution < 1.29 is 9.53 Å². The summed E-state index contributed by atoms with van der Waals surface area (Å²) in [6.45, 7) is 2.57. The van der Waals surface area contributed by atoms with Crippen LogP contribution in [0.1, 0.15) is 11.1 Å². The van der Waals surface area contributed by atoms with Crippen molar-refractivity contribution in [2.24, 2.45) is 0 Å². The summed E-state index contributed by atoms with van der Waals surface area (Å²) < 4.78 is 8.10. The van der Waals surface area contributed by atoms with E-state index in [1.165, 1.54) is 5.56 Å². The largest absolute Gasteiger partial charge is 0.483 e. The van der Waals surface area contributed by atoms with Gasteiger partial charge in [-0.2, -0.15) is 5.10 Å². The van der Waals surface area contributed by atoms with E-state index in [2.05, 4.69) is 32.4 Å². The molecule has 6 heteroatoms. The third-order valence-electron chi connectivity index (χ3n) is 3.59. The van der Waals surface area contributed by atoms with E-state index < -0.39 is 0 Å². The molecule has 1 heterocycles. The number of hydrogen-bond acceptors (Lipinski definition) is 3. The molecule has 25 heavy (non-hydrogen) atoms. The minimum absolute atomic E-state index is 0.0712. The van der Waals surface area contributed by atoms with Crippen LogP contribution in [0.25, 0.3) is 0 Å². The molecular weight excluding hydrogens is 382 g/mol. The standard InChI is InChI=1S/C19H18BrN3O2/c1-14-5-4-6-15(11-14)12-23-18(9-10-21-23)22-19(24)13-25-17-8-3-2-7-16(17)20/h2-11H,12-13H2,1H3,(H,22,24). The van der Waals surface area contributed by atoms with Crippen molar-refractivity contribution in [3.05, 3.63) is 76.4 Å². The van der Waals surface area contributed by atoms with Crippen LogP contribution in [0.3, 0.4) is 0 Å². The number of para-hydroxylation sites is 1. The summed E-state index contributed by atoms with van der Waals surface area (Å²) in [6, 6.07) is 17.4. The molecule has 1 amide bonds. The van der Waals surface area contributed by atoms with E-state index in [0.717, 1.165) is 10.0 Å². The lowest BCUT2D eigenvalue weighted by Gasteiger charge is -2.11. The van der Waals surface area contributed by atoms with Gasteiger partial charge in [-0.05, 0) is 40.5 Å². The maximum atomic E-state index is 12.2. The van der Waals surface area contributed by atoms with Crippen LogP contribution in [0, 0.1) is 6.92 Å². The number of carbonyl (C=O) groups is 1. The van der Waals surface area contributed by atoms with Gasteiger partial charge in [0.15, 0.2) is 6.61 Å². The molecule has 0 aliphatic heterocycles. The van der Waals surface area contributed by atoms with Crippen molar-refractivity contribution in [1.82, 2.24) is 9.78 Å². The Hall–Kier alpha value is -2.60. The second-order valence-corrected chi connectivity index (χ2v) is 6.48. The SMILES string of the molecule is Cc1cccc(Cn2nccc2NC(=O)COc2ccccc2Br)c1. The monoisotopic (exact) mass is 399 g/mol. The summed E-state index contributed by atoms with van der Waals surface area (Å²) in [5, 5.41) is 7.12. The number of aromatic nitrogens is 2. The van der Waals surface area contributed by atoms with Crippen molar-refractivity contribution in [2.75, 3.05) is 11.9 Å². The zero-order valence-corrected chi connectivity index (χ0v) is 15.4. The maximum absolute atomic E-state index is 12.2. The first-order chi connectivity index (χ1) is 12.1. The van der Waals surface area contributed by atoms with Crippen molar-refractivity contribution in [1.29, 1.82) is 0 Å². The molecule has 0 saturated carbocycles. The molecule has 0 radical (unpaired) electrons. The smallest absolute Gasteiger partial charge is 0.263 e. The Labute approximate surface area is 154 Å². The minimum Gasteiger partial charge on any atom is -0.483 e. The summed E-state index contributed by atoms with van der Waals surface area (Å²) in [4.78, 5) is 12.2. The molecule has 2 aromatic carbocycles. The van der Waals surface area contributed by atoms with Gasteiger partial charge in [-0.25, -0.2) is 4.68 Å². The minimum atomic E-state index is -0.234. The quantitative estimate of drug-likeness (QED) is 0.680. The lowest BCUT2D eigenvalue weighted by atomic mass is 10.1. The summed E-state index contributed by atoms with van der Waals surface area (Å²) in [5.74, 6) is 1.04. The summed E-state index contributed by atoms with van der Waals surface area (Å²) in [7, 11) is 0. The van der Waals surface area contributed by atoms with Gasteiger partial charge in [0.25, 0.3) is 5.91 Å². The molecule has 0 saturated heterocycles. The van der Waals surface area contributed by atoms with Crippen LogP contribution < -0.4 is 10.1 Å². The highest BCUT2D eigenvalue weighted by Crippen LogP contribution is 2.23. The molecule has 0 atom stereocenters. The number of benzene rings is 2. The van der Waals surface area contributed by atoms with Gasteiger partial charge in [-0.3, -0.25) is 4.79 Å². The van der Waals surface area contributed by atoms with E-state index in [0.29, 0.717) is 18.1 Å². The Morgan fingerprint density at radius 1 is 1.20 bits per heavy atom. The number of amides is 1. The number of ether oxygens (including phenoxy) is 1. The topological polar surface area (TPSA) is 56.2 Å². The third-order valence-corrected chi connectivity index (χ3v) is 4.25. The van der Waals surface area contributed by atoms with Gasteiger partial charge in [-0.15, -0.1) is 0 Å². The molecule has 0 aliphatic carbocycles. The zero-order chi connectivity index (χ0) is 17.6. The Kier molecular flexibility index (Phi) is 5.50. The van der Waals surface area contributed by atoms with Gasteiger partial charge < -0.3 is 10.1 Å². The predicted molar refractivity (Wildman–Crippen MR) is 101 cm³/mol. The van der Waals surface area contributed by atoms with Crippen molar-refractivity contribution >= 4 is 27.7 Å². The number of hydrogen-bond donors (Lipinski definition) is 1. The molecule has 0 bridgehead atoms. The van der Waals surface area contributed by atoms with E-state index in [1.807, 2.05) is 43.3 Å². The molecule has 0 fully saturated rings. The number of nitrogens with one attached hydrogen (secondary N) is 1. The fraction of sp³-hybridized carbons (Fsp3) is 0.158. The van der Waals surface area contributed by atoms with Gasteiger partial charge >= 0.3 is 0 Å². The van der Waals surface area contributed by atoms with Crippen LogP contribution >= 0.6 is 15.9 Å². The van der Waals surface area contributed by atoms with Crippen LogP contribution in [0.15, 0.2) is 65.3 Å². The summed E-state index contributed by atoms with van der Waals surface area (Å²) >= 11 is 3.39. The molecule has 3 rings (SSSR count). The van der Waals surface area contributed by atoms with Gasteiger partial charge in [0.2, 0.25) is 0 Å². The first-order valence-corrected chi connectivity index (χ1v) is 8.65.